The van der Waals surface area contributed by atoms with Crippen LogP contribution >= 0.6 is 0 Å². The van der Waals surface area contributed by atoms with Gasteiger partial charge in [-0.15, -0.1) is 13.2 Å². The van der Waals surface area contributed by atoms with Gasteiger partial charge in [-0.2, -0.15) is 8.42 Å². The van der Waals surface area contributed by atoms with E-state index in [1.54, 1.807) is 6.07 Å². The molecule has 2 aromatic rings. The zero-order chi connectivity index (χ0) is 17.1. The Morgan fingerprint density at radius 1 is 0.957 bits per heavy atom. The smallest absolute Gasteiger partial charge is 0.497 e. The maximum absolute atomic E-state index is 12.4. The molecule has 0 saturated carbocycles. The average Bonchev–Trinajstić information content (AvgIpc) is 2.45. The quantitative estimate of drug-likeness (QED) is 0.776. The van der Waals surface area contributed by atoms with Gasteiger partial charge >= 0.3 is 16.5 Å². The average molecular weight is 348 g/mol. The molecule has 0 saturated heterocycles. The molecular weight excluding hydrogens is 337 g/mol. The second-order valence-electron chi connectivity index (χ2n) is 4.21. The highest BCUT2D eigenvalue weighted by Gasteiger charge is 2.34. The molecule has 23 heavy (non-hydrogen) atoms. The van der Waals surface area contributed by atoms with Gasteiger partial charge in [0.15, 0.2) is 5.75 Å². The van der Waals surface area contributed by atoms with Gasteiger partial charge in [-0.25, -0.2) is 0 Å². The molecule has 9 heteroatoms. The molecular formula is C14H11F3O5S. The third-order valence-corrected chi connectivity index (χ3v) is 3.88. The van der Waals surface area contributed by atoms with Crippen molar-refractivity contribution in [2.45, 2.75) is 11.3 Å². The third-order valence-electron chi connectivity index (χ3n) is 2.59. The van der Waals surface area contributed by atoms with Crippen molar-refractivity contribution < 1.29 is 35.2 Å². The predicted octanol–water partition coefficient (Wildman–Crippen LogP) is 3.36. The van der Waals surface area contributed by atoms with Crippen LogP contribution in [-0.4, -0.2) is 21.9 Å². The first-order valence-electron chi connectivity index (χ1n) is 6.14. The molecule has 0 atom stereocenters. The fourth-order valence-corrected chi connectivity index (χ4v) is 2.74. The molecule has 2 aromatic carbocycles. The summed E-state index contributed by atoms with van der Waals surface area (Å²) in [6, 6.07) is 9.95. The standard InChI is InChI=1S/C14H11F3O5S/c1-20-10-5-4-6-11(9-10)22-23(18,19)13-8-3-2-7-12(13)21-14(15,16)17/h2-9H,1H3. The van der Waals surface area contributed by atoms with Crippen molar-refractivity contribution >= 4 is 10.1 Å². The van der Waals surface area contributed by atoms with Crippen molar-refractivity contribution in [3.8, 4) is 17.2 Å². The second-order valence-corrected chi connectivity index (χ2v) is 5.73. The van der Waals surface area contributed by atoms with Crippen LogP contribution in [-0.2, 0) is 10.1 Å². The molecule has 0 radical (unpaired) electrons. The summed E-state index contributed by atoms with van der Waals surface area (Å²) >= 11 is 0. The minimum Gasteiger partial charge on any atom is -0.497 e. The van der Waals surface area contributed by atoms with Crippen molar-refractivity contribution in [2.75, 3.05) is 7.11 Å². The lowest BCUT2D eigenvalue weighted by molar-refractivity contribution is -0.275. The first-order chi connectivity index (χ1) is 10.7. The van der Waals surface area contributed by atoms with E-state index in [4.69, 9.17) is 8.92 Å². The zero-order valence-electron chi connectivity index (χ0n) is 11.7. The van der Waals surface area contributed by atoms with Gasteiger partial charge in [-0.3, -0.25) is 0 Å². The molecule has 0 unspecified atom stereocenters. The molecule has 0 aliphatic carbocycles. The highest BCUT2D eigenvalue weighted by Crippen LogP contribution is 2.31. The molecule has 0 spiro atoms. The largest absolute Gasteiger partial charge is 0.573 e. The Labute approximate surface area is 130 Å². The number of hydrogen-bond acceptors (Lipinski definition) is 5. The van der Waals surface area contributed by atoms with Gasteiger partial charge in [0, 0.05) is 6.07 Å². The van der Waals surface area contributed by atoms with Crippen LogP contribution in [0.15, 0.2) is 53.4 Å². The van der Waals surface area contributed by atoms with Crippen LogP contribution in [0.2, 0.25) is 0 Å². The van der Waals surface area contributed by atoms with Crippen LogP contribution < -0.4 is 13.7 Å². The molecule has 2 rings (SSSR count). The third kappa shape index (κ3) is 4.52. The lowest BCUT2D eigenvalue weighted by Crippen LogP contribution is -2.20. The van der Waals surface area contributed by atoms with Gasteiger partial charge in [0.2, 0.25) is 0 Å². The van der Waals surface area contributed by atoms with E-state index in [-0.39, 0.29) is 5.75 Å². The highest BCUT2D eigenvalue weighted by atomic mass is 32.2. The molecule has 0 aliphatic heterocycles. The summed E-state index contributed by atoms with van der Waals surface area (Å²) in [5, 5.41) is 0. The van der Waals surface area contributed by atoms with E-state index in [2.05, 4.69) is 4.74 Å². The minimum absolute atomic E-state index is 0.105. The lowest BCUT2D eigenvalue weighted by atomic mass is 10.3. The summed E-state index contributed by atoms with van der Waals surface area (Å²) in [6.07, 6.45) is -5.03. The first kappa shape index (κ1) is 16.9. The number of halogens is 3. The number of rotatable bonds is 5. The topological polar surface area (TPSA) is 61.8 Å². The monoisotopic (exact) mass is 348 g/mol. The summed E-state index contributed by atoms with van der Waals surface area (Å²) in [7, 11) is -3.15. The van der Waals surface area contributed by atoms with E-state index in [0.717, 1.165) is 12.1 Å². The number of ether oxygens (including phenoxy) is 2. The van der Waals surface area contributed by atoms with E-state index in [9.17, 15) is 21.6 Å². The van der Waals surface area contributed by atoms with Crippen molar-refractivity contribution in [3.63, 3.8) is 0 Å². The van der Waals surface area contributed by atoms with Gasteiger partial charge in [0.1, 0.15) is 16.4 Å². The molecule has 5 nitrogen and oxygen atoms in total. The van der Waals surface area contributed by atoms with E-state index in [1.807, 2.05) is 0 Å². The molecule has 0 fully saturated rings. The van der Waals surface area contributed by atoms with E-state index in [1.165, 1.54) is 37.4 Å². The van der Waals surface area contributed by atoms with Gasteiger partial charge in [-0.05, 0) is 24.3 Å². The Kier molecular flexibility index (Phi) is 4.69. The Morgan fingerprint density at radius 2 is 1.61 bits per heavy atom. The maximum Gasteiger partial charge on any atom is 0.573 e. The Morgan fingerprint density at radius 3 is 2.26 bits per heavy atom. The summed E-state index contributed by atoms with van der Waals surface area (Å²) in [6.45, 7) is 0. The Bertz CT molecular complexity index is 787. The molecule has 0 amide bonds. The first-order valence-corrected chi connectivity index (χ1v) is 7.55. The van der Waals surface area contributed by atoms with Gasteiger partial charge < -0.3 is 13.7 Å². The molecule has 0 bridgehead atoms. The fourth-order valence-electron chi connectivity index (χ4n) is 1.69. The SMILES string of the molecule is COc1cccc(OS(=O)(=O)c2ccccc2OC(F)(F)F)c1. The van der Waals surface area contributed by atoms with Crippen molar-refractivity contribution in [3.05, 3.63) is 48.5 Å². The molecule has 0 aliphatic rings. The fraction of sp³-hybridized carbons (Fsp3) is 0.143. The zero-order valence-corrected chi connectivity index (χ0v) is 12.5. The maximum atomic E-state index is 12.4. The van der Waals surface area contributed by atoms with E-state index >= 15 is 0 Å². The highest BCUT2D eigenvalue weighted by molar-refractivity contribution is 7.87. The lowest BCUT2D eigenvalue weighted by Gasteiger charge is -2.13. The predicted molar refractivity (Wildman–Crippen MR) is 73.9 cm³/mol. The summed E-state index contributed by atoms with van der Waals surface area (Å²) in [4.78, 5) is -0.736. The minimum atomic E-state index is -5.03. The van der Waals surface area contributed by atoms with Crippen LogP contribution in [0, 0.1) is 0 Å². The van der Waals surface area contributed by atoms with E-state index < -0.39 is 27.1 Å². The second kappa shape index (κ2) is 6.37. The number of alkyl halides is 3. The van der Waals surface area contributed by atoms with Gasteiger partial charge in [-0.1, -0.05) is 18.2 Å². The van der Waals surface area contributed by atoms with Crippen LogP contribution in [0.1, 0.15) is 0 Å². The molecule has 0 N–H and O–H groups in total. The number of para-hydroxylation sites is 1. The van der Waals surface area contributed by atoms with Crippen molar-refractivity contribution in [2.24, 2.45) is 0 Å². The Hall–Kier alpha value is -2.42. The number of benzene rings is 2. The summed E-state index contributed by atoms with van der Waals surface area (Å²) in [5.41, 5.74) is 0. The summed E-state index contributed by atoms with van der Waals surface area (Å²) < 4.78 is 74.9. The van der Waals surface area contributed by atoms with Crippen LogP contribution in [0.5, 0.6) is 17.2 Å². The van der Waals surface area contributed by atoms with Crippen LogP contribution in [0.4, 0.5) is 13.2 Å². The summed E-state index contributed by atoms with van der Waals surface area (Å²) in [5.74, 6) is -0.647. The van der Waals surface area contributed by atoms with E-state index in [0.29, 0.717) is 5.75 Å². The van der Waals surface area contributed by atoms with Crippen LogP contribution in [0.3, 0.4) is 0 Å². The number of hydrogen-bond donors (Lipinski definition) is 0. The number of methoxy groups -OCH3 is 1. The normalized spacial score (nSPS) is 11.8. The van der Waals surface area contributed by atoms with Crippen molar-refractivity contribution in [1.29, 1.82) is 0 Å². The Balaban J connectivity index is 2.36. The van der Waals surface area contributed by atoms with Gasteiger partial charge in [0.05, 0.1) is 7.11 Å². The molecule has 0 aromatic heterocycles. The van der Waals surface area contributed by atoms with Gasteiger partial charge in [0.25, 0.3) is 0 Å². The van der Waals surface area contributed by atoms with Crippen LogP contribution in [0.25, 0.3) is 0 Å². The van der Waals surface area contributed by atoms with Crippen molar-refractivity contribution in [1.82, 2.24) is 0 Å². The molecule has 0 heterocycles. The molecule has 124 valence electrons.